The lowest BCUT2D eigenvalue weighted by molar-refractivity contribution is -0.117. The summed E-state index contributed by atoms with van der Waals surface area (Å²) in [7, 11) is 0. The molecule has 0 fully saturated rings. The topological polar surface area (TPSA) is 86.9 Å². The highest BCUT2D eigenvalue weighted by Crippen LogP contribution is 2.20. The number of aryl methyl sites for hydroxylation is 1. The Hall–Kier alpha value is -2.02. The lowest BCUT2D eigenvalue weighted by Gasteiger charge is -2.07. The molecule has 0 unspecified atom stereocenters. The molecule has 0 atom stereocenters. The predicted octanol–water partition coefficient (Wildman–Crippen LogP) is 2.84. The molecule has 3 amide bonds. The van der Waals surface area contributed by atoms with Crippen molar-refractivity contribution >= 4 is 34.7 Å². The summed E-state index contributed by atoms with van der Waals surface area (Å²) < 4.78 is 0. The second-order valence-electron chi connectivity index (χ2n) is 5.84. The molecule has 0 aliphatic heterocycles. The van der Waals surface area contributed by atoms with Gasteiger partial charge in [-0.05, 0) is 37.0 Å². The fourth-order valence-corrected chi connectivity index (χ4v) is 2.67. The number of nitrogens with one attached hydrogen (secondary N) is 3. The van der Waals surface area contributed by atoms with Crippen LogP contribution in [0.15, 0.2) is 23.4 Å². The van der Waals surface area contributed by atoms with Gasteiger partial charge in [-0.15, -0.1) is 0 Å². The van der Waals surface area contributed by atoms with Gasteiger partial charge in [0.25, 0.3) is 0 Å². The lowest BCUT2D eigenvalue weighted by Crippen LogP contribution is -2.40. The number of imidazole rings is 1. The van der Waals surface area contributed by atoms with Crippen LogP contribution in [0.2, 0.25) is 0 Å². The lowest BCUT2D eigenvalue weighted by atomic mass is 10.1. The smallest absolute Gasteiger partial charge is 0.321 e. The maximum Gasteiger partial charge on any atom is 0.321 e. The number of aromatic nitrogens is 2. The first-order valence-electron chi connectivity index (χ1n) is 7.61. The summed E-state index contributed by atoms with van der Waals surface area (Å²) in [5.74, 6) is 0.308. The Bertz CT molecular complexity index is 696. The number of carbonyl (C=O) groups excluding carboxylic acids is 2. The first-order valence-corrected chi connectivity index (χ1v) is 8.59. The van der Waals surface area contributed by atoms with Crippen LogP contribution in [0.1, 0.15) is 25.8 Å². The quantitative estimate of drug-likeness (QED) is 0.709. The van der Waals surface area contributed by atoms with Gasteiger partial charge in [0.2, 0.25) is 5.91 Å². The van der Waals surface area contributed by atoms with Crippen LogP contribution in [0.4, 0.5) is 4.79 Å². The minimum atomic E-state index is -0.448. The van der Waals surface area contributed by atoms with E-state index < -0.39 is 6.03 Å². The van der Waals surface area contributed by atoms with Crippen molar-refractivity contribution in [3.63, 3.8) is 0 Å². The van der Waals surface area contributed by atoms with E-state index >= 15 is 0 Å². The van der Waals surface area contributed by atoms with Crippen LogP contribution >= 0.6 is 11.8 Å². The highest BCUT2D eigenvalue weighted by molar-refractivity contribution is 7.99. The van der Waals surface area contributed by atoms with E-state index in [2.05, 4.69) is 34.4 Å². The monoisotopic (exact) mass is 334 g/mol. The summed E-state index contributed by atoms with van der Waals surface area (Å²) in [6, 6.07) is 5.49. The number of carbonyl (C=O) groups is 2. The first-order chi connectivity index (χ1) is 10.9. The molecule has 23 heavy (non-hydrogen) atoms. The van der Waals surface area contributed by atoms with Crippen LogP contribution in [0.3, 0.4) is 0 Å². The maximum absolute atomic E-state index is 11.8. The Labute approximate surface area is 139 Å². The Balaban J connectivity index is 1.78. The van der Waals surface area contributed by atoms with E-state index in [1.165, 1.54) is 11.8 Å². The van der Waals surface area contributed by atoms with E-state index in [-0.39, 0.29) is 11.7 Å². The van der Waals surface area contributed by atoms with E-state index in [9.17, 15) is 9.59 Å². The average Bonchev–Trinajstić information content (AvgIpc) is 2.86. The number of thioether (sulfide) groups is 1. The van der Waals surface area contributed by atoms with Gasteiger partial charge in [0.1, 0.15) is 0 Å². The fraction of sp³-hybridized carbons (Fsp3) is 0.438. The highest BCUT2D eigenvalue weighted by Gasteiger charge is 2.10. The average molecular weight is 334 g/mol. The molecule has 0 saturated heterocycles. The molecule has 7 heteroatoms. The molecule has 2 aromatic rings. The van der Waals surface area contributed by atoms with Crippen molar-refractivity contribution in [2.45, 2.75) is 32.3 Å². The third-order valence-corrected chi connectivity index (χ3v) is 4.09. The number of rotatable bonds is 6. The van der Waals surface area contributed by atoms with Crippen molar-refractivity contribution in [1.82, 2.24) is 20.6 Å². The number of aromatic amines is 1. The third-order valence-electron chi connectivity index (χ3n) is 3.22. The number of nitrogens with zero attached hydrogens (tertiary/aromatic N) is 1. The van der Waals surface area contributed by atoms with Gasteiger partial charge in [-0.3, -0.25) is 10.1 Å². The van der Waals surface area contributed by atoms with Crippen molar-refractivity contribution in [3.8, 4) is 0 Å². The number of hydrogen-bond acceptors (Lipinski definition) is 4. The molecule has 0 radical (unpaired) electrons. The van der Waals surface area contributed by atoms with E-state index in [0.717, 1.165) is 23.0 Å². The molecule has 1 heterocycles. The van der Waals surface area contributed by atoms with Gasteiger partial charge in [0.05, 0.1) is 16.8 Å². The summed E-state index contributed by atoms with van der Waals surface area (Å²) in [6.45, 7) is 6.73. The number of urea groups is 1. The van der Waals surface area contributed by atoms with Gasteiger partial charge in [-0.1, -0.05) is 31.7 Å². The number of imide groups is 1. The molecule has 6 nitrogen and oxygen atoms in total. The molecular formula is C16H22N4O2S. The Kier molecular flexibility index (Phi) is 6.04. The summed E-state index contributed by atoms with van der Waals surface area (Å²) >= 11 is 1.27. The van der Waals surface area contributed by atoms with Gasteiger partial charge in [0.15, 0.2) is 5.16 Å². The van der Waals surface area contributed by atoms with Crippen LogP contribution in [-0.2, 0) is 4.79 Å². The maximum atomic E-state index is 11.8. The molecule has 0 saturated carbocycles. The van der Waals surface area contributed by atoms with E-state index in [1.807, 2.05) is 25.1 Å². The number of benzene rings is 1. The normalized spacial score (nSPS) is 11.0. The van der Waals surface area contributed by atoms with Crippen LogP contribution in [0.5, 0.6) is 0 Å². The number of fused-ring (bicyclic) bond motifs is 1. The molecule has 1 aromatic carbocycles. The molecule has 0 spiro atoms. The van der Waals surface area contributed by atoms with Crippen molar-refractivity contribution in [2.75, 3.05) is 12.3 Å². The van der Waals surface area contributed by atoms with Gasteiger partial charge >= 0.3 is 6.03 Å². The van der Waals surface area contributed by atoms with Crippen LogP contribution in [0, 0.1) is 12.8 Å². The highest BCUT2D eigenvalue weighted by atomic mass is 32.2. The van der Waals surface area contributed by atoms with Crippen molar-refractivity contribution in [2.24, 2.45) is 5.92 Å². The summed E-state index contributed by atoms with van der Waals surface area (Å²) in [5.41, 5.74) is 2.96. The number of H-pyrrole nitrogens is 1. The van der Waals surface area contributed by atoms with E-state index in [0.29, 0.717) is 17.6 Å². The van der Waals surface area contributed by atoms with Crippen molar-refractivity contribution in [3.05, 3.63) is 23.8 Å². The molecule has 0 bridgehead atoms. The van der Waals surface area contributed by atoms with Crippen molar-refractivity contribution < 1.29 is 9.59 Å². The second kappa shape index (κ2) is 8.01. The largest absolute Gasteiger partial charge is 0.338 e. The fourth-order valence-electron chi connectivity index (χ4n) is 1.98. The standard InChI is InChI=1S/C16H22N4O2S/c1-10(2)6-7-17-15(22)20-14(21)9-23-16-18-12-5-4-11(3)8-13(12)19-16/h4-5,8,10H,6-7,9H2,1-3H3,(H,18,19)(H2,17,20,21,22). The SMILES string of the molecule is Cc1ccc2nc(SCC(=O)NC(=O)NCCC(C)C)[nH]c2c1. The predicted molar refractivity (Wildman–Crippen MR) is 92.6 cm³/mol. The number of hydrogen-bond donors (Lipinski definition) is 3. The van der Waals surface area contributed by atoms with Crippen LogP contribution in [0.25, 0.3) is 11.0 Å². The van der Waals surface area contributed by atoms with Gasteiger partial charge in [-0.25, -0.2) is 9.78 Å². The van der Waals surface area contributed by atoms with Gasteiger partial charge < -0.3 is 10.3 Å². The molecular weight excluding hydrogens is 312 g/mol. The molecule has 0 aliphatic carbocycles. The van der Waals surface area contributed by atoms with Crippen LogP contribution < -0.4 is 10.6 Å². The Morgan fingerprint density at radius 3 is 2.87 bits per heavy atom. The first kappa shape index (κ1) is 17.3. The summed E-state index contributed by atoms with van der Waals surface area (Å²) in [5, 5.41) is 5.65. The van der Waals surface area contributed by atoms with Gasteiger partial charge in [0, 0.05) is 6.54 Å². The van der Waals surface area contributed by atoms with Gasteiger partial charge in [-0.2, -0.15) is 0 Å². The van der Waals surface area contributed by atoms with E-state index in [1.54, 1.807) is 0 Å². The zero-order valence-electron chi connectivity index (χ0n) is 13.6. The Morgan fingerprint density at radius 1 is 1.35 bits per heavy atom. The van der Waals surface area contributed by atoms with Crippen molar-refractivity contribution in [1.29, 1.82) is 0 Å². The minimum Gasteiger partial charge on any atom is -0.338 e. The Morgan fingerprint density at radius 2 is 2.13 bits per heavy atom. The van der Waals surface area contributed by atoms with E-state index in [4.69, 9.17) is 0 Å². The third kappa shape index (κ3) is 5.59. The molecule has 3 N–H and O–H groups in total. The molecule has 1 aromatic heterocycles. The summed E-state index contributed by atoms with van der Waals surface area (Å²) in [6.07, 6.45) is 0.884. The molecule has 124 valence electrons. The second-order valence-corrected chi connectivity index (χ2v) is 6.80. The van der Waals surface area contributed by atoms with Crippen LogP contribution in [-0.4, -0.2) is 34.2 Å². The number of amides is 3. The minimum absolute atomic E-state index is 0.135. The molecule has 0 aliphatic rings. The zero-order valence-corrected chi connectivity index (χ0v) is 14.4. The zero-order chi connectivity index (χ0) is 16.8. The molecule has 2 rings (SSSR count). The summed E-state index contributed by atoms with van der Waals surface area (Å²) in [4.78, 5) is 30.9.